The van der Waals surface area contributed by atoms with Crippen LogP contribution in [0.5, 0.6) is 0 Å². The number of fused-ring (bicyclic) bond motifs is 1. The van der Waals surface area contributed by atoms with Crippen LogP contribution in [-0.2, 0) is 16.3 Å². The van der Waals surface area contributed by atoms with E-state index >= 15 is 0 Å². The van der Waals surface area contributed by atoms with E-state index in [9.17, 15) is 13.2 Å². The van der Waals surface area contributed by atoms with Crippen molar-refractivity contribution in [1.29, 1.82) is 0 Å². The molecule has 1 fully saturated rings. The lowest BCUT2D eigenvalue weighted by Crippen LogP contribution is -2.31. The van der Waals surface area contributed by atoms with Gasteiger partial charge in [0.25, 0.3) is 0 Å². The number of aromatic amines is 1. The molecule has 0 radical (unpaired) electrons. The maximum Gasteiger partial charge on any atom is 0.248 e. The number of aromatic nitrogens is 1. The van der Waals surface area contributed by atoms with Crippen LogP contribution in [-0.4, -0.2) is 31.5 Å². The molecule has 2 unspecified atom stereocenters. The molecule has 6 heteroatoms. The van der Waals surface area contributed by atoms with Gasteiger partial charge in [0.2, 0.25) is 5.56 Å². The van der Waals surface area contributed by atoms with Gasteiger partial charge >= 0.3 is 0 Å². The fraction of sp³-hybridized carbons (Fsp3) is 0.643. The number of rotatable bonds is 3. The van der Waals surface area contributed by atoms with Crippen LogP contribution in [0.4, 0.5) is 0 Å². The first-order valence-corrected chi connectivity index (χ1v) is 9.01. The molecule has 1 aromatic rings. The fourth-order valence-corrected chi connectivity index (χ4v) is 5.12. The van der Waals surface area contributed by atoms with Crippen LogP contribution in [0, 0.1) is 5.92 Å². The molecule has 3 rings (SSSR count). The molecule has 2 heterocycles. The van der Waals surface area contributed by atoms with Crippen LogP contribution >= 0.6 is 0 Å². The summed E-state index contributed by atoms with van der Waals surface area (Å²) in [6.07, 6.45) is 3.77. The number of aryl methyl sites for hydroxylation is 1. The van der Waals surface area contributed by atoms with Crippen LogP contribution in [0.3, 0.4) is 0 Å². The molecule has 1 aliphatic carbocycles. The van der Waals surface area contributed by atoms with Crippen molar-refractivity contribution in [2.24, 2.45) is 5.92 Å². The van der Waals surface area contributed by atoms with Gasteiger partial charge in [-0.3, -0.25) is 4.79 Å². The number of H-pyrrole nitrogens is 1. The second-order valence-corrected chi connectivity index (χ2v) is 8.11. The molecule has 0 aromatic carbocycles. The minimum Gasteiger partial charge on any atom is -0.326 e. The van der Waals surface area contributed by atoms with Gasteiger partial charge in [-0.2, -0.15) is 0 Å². The van der Waals surface area contributed by atoms with Crippen molar-refractivity contribution in [1.82, 2.24) is 10.3 Å². The van der Waals surface area contributed by atoms with Gasteiger partial charge in [0.05, 0.1) is 11.5 Å². The molecule has 1 aromatic heterocycles. The Morgan fingerprint density at radius 2 is 2.15 bits per heavy atom. The zero-order chi connectivity index (χ0) is 14.2. The molecular formula is C14H20N2O3S. The lowest BCUT2D eigenvalue weighted by Gasteiger charge is -2.27. The number of hydrogen-bond donors (Lipinski definition) is 2. The minimum absolute atomic E-state index is 0.0497. The van der Waals surface area contributed by atoms with E-state index in [0.717, 1.165) is 43.5 Å². The molecule has 2 N–H and O–H groups in total. The van der Waals surface area contributed by atoms with Crippen molar-refractivity contribution in [3.8, 4) is 0 Å². The average Bonchev–Trinajstić information content (AvgIpc) is 2.75. The van der Waals surface area contributed by atoms with Crippen molar-refractivity contribution in [3.05, 3.63) is 33.7 Å². The molecule has 110 valence electrons. The molecule has 0 amide bonds. The highest BCUT2D eigenvalue weighted by atomic mass is 32.2. The molecule has 0 bridgehead atoms. The van der Waals surface area contributed by atoms with E-state index in [1.165, 1.54) is 0 Å². The average molecular weight is 296 g/mol. The third-order valence-electron chi connectivity index (χ3n) is 4.31. The number of hydrogen-bond acceptors (Lipinski definition) is 4. The maximum atomic E-state index is 11.5. The van der Waals surface area contributed by atoms with Gasteiger partial charge in [0, 0.05) is 17.8 Å². The van der Waals surface area contributed by atoms with E-state index in [0.29, 0.717) is 11.5 Å². The van der Waals surface area contributed by atoms with Crippen molar-refractivity contribution >= 4 is 9.84 Å². The van der Waals surface area contributed by atoms with Gasteiger partial charge in [-0.15, -0.1) is 0 Å². The zero-order valence-corrected chi connectivity index (χ0v) is 12.2. The topological polar surface area (TPSA) is 79.0 Å². The molecule has 2 aliphatic rings. The lowest BCUT2D eigenvalue weighted by molar-refractivity contribution is 0.414. The molecular weight excluding hydrogens is 276 g/mol. The second kappa shape index (κ2) is 5.33. The van der Waals surface area contributed by atoms with Crippen molar-refractivity contribution < 1.29 is 8.42 Å². The van der Waals surface area contributed by atoms with E-state index < -0.39 is 9.84 Å². The summed E-state index contributed by atoms with van der Waals surface area (Å²) in [6.45, 7) is 0.739. The van der Waals surface area contributed by atoms with Crippen molar-refractivity contribution in [2.75, 3.05) is 18.1 Å². The first-order chi connectivity index (χ1) is 9.53. The summed E-state index contributed by atoms with van der Waals surface area (Å²) in [7, 11) is -2.80. The third kappa shape index (κ3) is 2.96. The minimum atomic E-state index is -2.80. The first-order valence-electron chi connectivity index (χ1n) is 7.19. The van der Waals surface area contributed by atoms with E-state index in [1.54, 1.807) is 6.07 Å². The smallest absolute Gasteiger partial charge is 0.248 e. The van der Waals surface area contributed by atoms with Gasteiger partial charge in [-0.05, 0) is 43.7 Å². The van der Waals surface area contributed by atoms with Crippen LogP contribution < -0.4 is 10.9 Å². The molecule has 1 aliphatic heterocycles. The summed E-state index contributed by atoms with van der Waals surface area (Å²) in [5.41, 5.74) is 2.14. The predicted octanol–water partition coefficient (Wildman–Crippen LogP) is 0.777. The lowest BCUT2D eigenvalue weighted by atomic mass is 9.91. The van der Waals surface area contributed by atoms with Crippen molar-refractivity contribution in [2.45, 2.75) is 31.7 Å². The Morgan fingerprint density at radius 1 is 1.30 bits per heavy atom. The molecule has 1 saturated heterocycles. The standard InChI is InChI=1S/C14H20N2O3S/c17-14-5-4-11-12(2-1-3-13(11)16-14)15-8-10-6-7-20(18,19)9-10/h4-5,10,12,15H,1-3,6-9H2,(H,16,17). The van der Waals surface area contributed by atoms with Gasteiger partial charge in [-0.1, -0.05) is 6.07 Å². The highest BCUT2D eigenvalue weighted by Gasteiger charge is 2.29. The van der Waals surface area contributed by atoms with E-state index in [4.69, 9.17) is 0 Å². The van der Waals surface area contributed by atoms with Crippen LogP contribution in [0.15, 0.2) is 16.9 Å². The summed E-state index contributed by atoms with van der Waals surface area (Å²) >= 11 is 0. The maximum absolute atomic E-state index is 11.5. The van der Waals surface area contributed by atoms with Gasteiger partial charge < -0.3 is 10.3 Å². The summed E-state index contributed by atoms with van der Waals surface area (Å²) in [4.78, 5) is 14.3. The number of nitrogens with one attached hydrogen (secondary N) is 2. The first kappa shape index (κ1) is 13.8. The van der Waals surface area contributed by atoms with Crippen LogP contribution in [0.25, 0.3) is 0 Å². The summed E-state index contributed by atoms with van der Waals surface area (Å²) in [6, 6.07) is 3.70. The largest absolute Gasteiger partial charge is 0.326 e. The summed E-state index contributed by atoms with van der Waals surface area (Å²) in [5, 5.41) is 3.49. The Hall–Kier alpha value is -1.14. The van der Waals surface area contributed by atoms with E-state index in [1.807, 2.05) is 6.07 Å². The van der Waals surface area contributed by atoms with Crippen LogP contribution in [0.2, 0.25) is 0 Å². The Labute approximate surface area is 118 Å². The number of pyridine rings is 1. The number of sulfone groups is 1. The van der Waals surface area contributed by atoms with E-state index in [-0.39, 0.29) is 17.5 Å². The normalized spacial score (nSPS) is 28.2. The predicted molar refractivity (Wildman–Crippen MR) is 77.5 cm³/mol. The highest BCUT2D eigenvalue weighted by Crippen LogP contribution is 2.28. The third-order valence-corrected chi connectivity index (χ3v) is 6.15. The Bertz CT molecular complexity index is 651. The molecule has 0 spiro atoms. The van der Waals surface area contributed by atoms with Gasteiger partial charge in [-0.25, -0.2) is 8.42 Å². The molecule has 0 saturated carbocycles. The monoisotopic (exact) mass is 296 g/mol. The fourth-order valence-electron chi connectivity index (χ4n) is 3.25. The summed E-state index contributed by atoms with van der Waals surface area (Å²) in [5.74, 6) is 0.868. The Balaban J connectivity index is 1.66. The van der Waals surface area contributed by atoms with Crippen molar-refractivity contribution in [3.63, 3.8) is 0 Å². The summed E-state index contributed by atoms with van der Waals surface area (Å²) < 4.78 is 22.9. The highest BCUT2D eigenvalue weighted by molar-refractivity contribution is 7.91. The van der Waals surface area contributed by atoms with Gasteiger partial charge in [0.1, 0.15) is 0 Å². The SMILES string of the molecule is O=c1ccc2c([nH]1)CCCC2NCC1CCS(=O)(=O)C1. The Kier molecular flexibility index (Phi) is 3.69. The van der Waals surface area contributed by atoms with E-state index in [2.05, 4.69) is 10.3 Å². The molecule has 5 nitrogen and oxygen atoms in total. The van der Waals surface area contributed by atoms with Crippen LogP contribution in [0.1, 0.15) is 36.6 Å². The zero-order valence-electron chi connectivity index (χ0n) is 11.4. The molecule has 2 atom stereocenters. The molecule has 20 heavy (non-hydrogen) atoms. The Morgan fingerprint density at radius 3 is 2.90 bits per heavy atom. The quantitative estimate of drug-likeness (QED) is 0.864. The second-order valence-electron chi connectivity index (χ2n) is 5.88. The van der Waals surface area contributed by atoms with Gasteiger partial charge in [0.15, 0.2) is 9.84 Å².